The topological polar surface area (TPSA) is 129 Å². The molecule has 1 rings (SSSR count). The van der Waals surface area contributed by atoms with Gasteiger partial charge in [0, 0.05) is 33.6 Å². The molecular formula is C21H24Co2O7. The summed E-state index contributed by atoms with van der Waals surface area (Å²) >= 11 is 0. The fourth-order valence-corrected chi connectivity index (χ4v) is 1.88. The minimum Gasteiger partial charge on any atom is 0 e. The van der Waals surface area contributed by atoms with Crippen LogP contribution < -0.4 is 0 Å². The second kappa shape index (κ2) is 70.7. The van der Waals surface area contributed by atoms with Gasteiger partial charge in [0.05, 0.1) is 12.2 Å². The fourth-order valence-electron chi connectivity index (χ4n) is 1.88. The van der Waals surface area contributed by atoms with Crippen molar-refractivity contribution in [3.8, 4) is 0 Å². The summed E-state index contributed by atoms with van der Waals surface area (Å²) in [4.78, 5) is 0. The monoisotopic (exact) mass is 506 g/mol. The molecule has 4 radical (unpaired) electrons. The zero-order valence-electron chi connectivity index (χ0n) is 16.8. The third kappa shape index (κ3) is 50.5. The van der Waals surface area contributed by atoms with Gasteiger partial charge in [-0.1, -0.05) is 51.7 Å². The Hall–Kier alpha value is -1.11. The average molecular weight is 506 g/mol. The van der Waals surface area contributed by atoms with Crippen LogP contribution in [0.25, 0.3) is 0 Å². The van der Waals surface area contributed by atoms with Gasteiger partial charge in [-0.15, -0.1) is 0 Å². The van der Waals surface area contributed by atoms with Crippen LogP contribution in [-0.2, 0) is 66.2 Å². The smallest absolute Gasteiger partial charge is 0 e. The van der Waals surface area contributed by atoms with Gasteiger partial charge in [0.15, 0.2) is 0 Å². The molecule has 30 heavy (non-hydrogen) atoms. The standard InChI is InChI=1S/C15H24O.6CO.2Co/c1-3-5-6-8-12-15-13-10-7-9-11-14(4-2)16-15;6*1-2;;/h10,13-15H,3-8,12H2,1-2H3;;;;;;;;/b11-9?,13-10-;;;;;;;;/t14-,15-;;;;;;;;/m0......../s1. The van der Waals surface area contributed by atoms with Crippen molar-refractivity contribution in [2.45, 2.75) is 71.0 Å². The predicted octanol–water partition coefficient (Wildman–Crippen LogP) is 4.01. The molecule has 2 atom stereocenters. The fraction of sp³-hybridized carbons (Fsp3) is 0.524. The van der Waals surface area contributed by atoms with Gasteiger partial charge in [-0.2, -0.15) is 0 Å². The van der Waals surface area contributed by atoms with Gasteiger partial charge in [0.2, 0.25) is 0 Å². The van der Waals surface area contributed by atoms with E-state index in [1.807, 2.05) is 0 Å². The average Bonchev–Trinajstić information content (AvgIpc) is 2.81. The molecule has 0 fully saturated rings. The number of hydrogen-bond acceptors (Lipinski definition) is 1. The quantitative estimate of drug-likeness (QED) is 0.229. The van der Waals surface area contributed by atoms with Gasteiger partial charge < -0.3 is 4.74 Å². The third-order valence-corrected chi connectivity index (χ3v) is 2.89. The molecule has 0 aromatic heterocycles. The molecule has 0 aliphatic carbocycles. The van der Waals surface area contributed by atoms with Gasteiger partial charge in [0.1, 0.15) is 0 Å². The van der Waals surface area contributed by atoms with Gasteiger partial charge in [-0.3, -0.25) is 0 Å². The van der Waals surface area contributed by atoms with Crippen molar-refractivity contribution in [2.75, 3.05) is 0 Å². The zero-order chi connectivity index (χ0) is 23.6. The first-order chi connectivity index (χ1) is 13.9. The Morgan fingerprint density at radius 2 is 1.27 bits per heavy atom. The SMILES string of the molecule is CCCCCC[C@H]1/C=C\C[C]=[C][C@H](CC)O1.[C-]#[O+].[C-]#[O+].[C-]#[O+].[C-]#[O+].[C-]#[O+].[C-]#[O+].[Co].[Co]. The van der Waals surface area contributed by atoms with E-state index in [2.05, 4.69) is 78.1 Å². The summed E-state index contributed by atoms with van der Waals surface area (Å²) in [6, 6.07) is 0. The van der Waals surface area contributed by atoms with E-state index in [-0.39, 0.29) is 45.8 Å². The summed E-state index contributed by atoms with van der Waals surface area (Å²) in [6.07, 6.45) is 19.3. The van der Waals surface area contributed by atoms with E-state index in [4.69, 9.17) is 32.6 Å². The first-order valence-electron chi connectivity index (χ1n) is 7.89. The molecule has 0 N–H and O–H groups in total. The summed E-state index contributed by atoms with van der Waals surface area (Å²) in [6.45, 7) is 31.4. The van der Waals surface area contributed by atoms with Crippen molar-refractivity contribution < 1.29 is 66.2 Å². The molecule has 0 aromatic rings. The predicted molar refractivity (Wildman–Crippen MR) is 91.5 cm³/mol. The van der Waals surface area contributed by atoms with E-state index in [0.29, 0.717) is 0 Å². The summed E-state index contributed by atoms with van der Waals surface area (Å²) in [5, 5.41) is 0. The molecule has 0 spiro atoms. The van der Waals surface area contributed by atoms with Crippen LogP contribution in [0, 0.1) is 52.1 Å². The van der Waals surface area contributed by atoms with E-state index in [0.717, 1.165) is 19.3 Å². The molecule has 0 saturated carbocycles. The third-order valence-electron chi connectivity index (χ3n) is 2.89. The van der Waals surface area contributed by atoms with Crippen LogP contribution in [0.15, 0.2) is 12.2 Å². The maximum Gasteiger partial charge on any atom is 0 e. The number of hydrogen-bond donors (Lipinski definition) is 0. The Morgan fingerprint density at radius 1 is 0.800 bits per heavy atom. The number of allylic oxidation sites excluding steroid dienone is 2. The van der Waals surface area contributed by atoms with E-state index < -0.39 is 0 Å². The van der Waals surface area contributed by atoms with Crippen molar-refractivity contribution in [1.82, 2.24) is 0 Å². The minimum absolute atomic E-state index is 0. The summed E-state index contributed by atoms with van der Waals surface area (Å²) in [5.74, 6) is 0. The maximum absolute atomic E-state index is 7.50. The Labute approximate surface area is 201 Å². The first kappa shape index (κ1) is 51.5. The van der Waals surface area contributed by atoms with Crippen LogP contribution >= 0.6 is 0 Å². The Kier molecular flexibility index (Phi) is 121. The molecule has 7 nitrogen and oxygen atoms in total. The largest absolute Gasteiger partial charge is 0 e. The summed E-state index contributed by atoms with van der Waals surface area (Å²) in [7, 11) is 0. The van der Waals surface area contributed by atoms with E-state index in [9.17, 15) is 0 Å². The van der Waals surface area contributed by atoms with Crippen LogP contribution in [0.3, 0.4) is 0 Å². The number of rotatable bonds is 6. The van der Waals surface area contributed by atoms with Crippen molar-refractivity contribution in [2.24, 2.45) is 0 Å². The second-order valence-electron chi connectivity index (χ2n) is 4.37. The van der Waals surface area contributed by atoms with Crippen LogP contribution in [0.4, 0.5) is 0 Å². The van der Waals surface area contributed by atoms with Crippen LogP contribution in [0.1, 0.15) is 58.8 Å². The zero-order valence-corrected chi connectivity index (χ0v) is 18.9. The minimum atomic E-state index is 0. The van der Waals surface area contributed by atoms with E-state index in [1.165, 1.54) is 25.7 Å². The molecule has 168 valence electrons. The van der Waals surface area contributed by atoms with Gasteiger partial charge in [-0.05, 0) is 31.4 Å². The van der Waals surface area contributed by atoms with E-state index >= 15 is 0 Å². The second-order valence-corrected chi connectivity index (χ2v) is 4.37. The Balaban J connectivity index is -0.0000000498. The van der Waals surface area contributed by atoms with Crippen molar-refractivity contribution in [1.29, 1.82) is 0 Å². The number of unbranched alkanes of at least 4 members (excludes halogenated alkanes) is 3. The molecule has 0 aromatic carbocycles. The normalized spacial score (nSPS) is 15.0. The van der Waals surface area contributed by atoms with Crippen molar-refractivity contribution in [3.63, 3.8) is 0 Å². The molecular weight excluding hydrogens is 482 g/mol. The van der Waals surface area contributed by atoms with Crippen molar-refractivity contribution in [3.05, 3.63) is 64.2 Å². The molecule has 1 aliphatic rings. The molecule has 0 bridgehead atoms. The van der Waals surface area contributed by atoms with Crippen LogP contribution in [-0.4, -0.2) is 12.2 Å². The van der Waals surface area contributed by atoms with Crippen LogP contribution in [0.5, 0.6) is 0 Å². The van der Waals surface area contributed by atoms with Crippen molar-refractivity contribution >= 4 is 0 Å². The molecule has 1 aliphatic heterocycles. The summed E-state index contributed by atoms with van der Waals surface area (Å²) < 4.78 is 51.0. The Morgan fingerprint density at radius 3 is 1.67 bits per heavy atom. The molecule has 0 unspecified atom stereocenters. The molecule has 1 heterocycles. The maximum atomic E-state index is 7.50. The van der Waals surface area contributed by atoms with E-state index in [1.54, 1.807) is 0 Å². The molecule has 0 saturated heterocycles. The molecule has 9 heteroatoms. The van der Waals surface area contributed by atoms with Crippen LogP contribution in [0.2, 0.25) is 0 Å². The van der Waals surface area contributed by atoms with Gasteiger partial charge in [0.25, 0.3) is 0 Å². The van der Waals surface area contributed by atoms with Gasteiger partial charge in [-0.25, -0.2) is 0 Å². The number of ether oxygens (including phenoxy) is 1. The Bertz CT molecular complexity index is 403. The first-order valence-corrected chi connectivity index (χ1v) is 7.89. The molecule has 0 amide bonds. The summed E-state index contributed by atoms with van der Waals surface area (Å²) in [5.41, 5.74) is 0. The van der Waals surface area contributed by atoms with Gasteiger partial charge >= 0.3 is 67.8 Å².